The normalized spacial score (nSPS) is 15.6. The molecule has 0 N–H and O–H groups in total. The first kappa shape index (κ1) is 20.2. The van der Waals surface area contributed by atoms with Gasteiger partial charge in [-0.3, -0.25) is 4.79 Å². The highest BCUT2D eigenvalue weighted by Gasteiger charge is 2.31. The van der Waals surface area contributed by atoms with E-state index in [0.29, 0.717) is 22.3 Å². The highest BCUT2D eigenvalue weighted by molar-refractivity contribution is 5.84. The Morgan fingerprint density at radius 1 is 1.17 bits per heavy atom. The molecule has 0 unspecified atom stereocenters. The number of rotatable bonds is 4. The van der Waals surface area contributed by atoms with Crippen molar-refractivity contribution in [3.8, 4) is 16.9 Å². The van der Waals surface area contributed by atoms with E-state index in [9.17, 15) is 18.0 Å². The van der Waals surface area contributed by atoms with E-state index in [1.807, 2.05) is 11.8 Å². The number of ether oxygens (including phenoxy) is 1. The van der Waals surface area contributed by atoms with Crippen molar-refractivity contribution < 1.29 is 22.7 Å². The molecule has 9 heteroatoms. The molecule has 6 nitrogen and oxygen atoms in total. The summed E-state index contributed by atoms with van der Waals surface area (Å²) in [6.07, 6.45) is 0.701. The lowest BCUT2D eigenvalue weighted by Crippen LogP contribution is -2.33. The van der Waals surface area contributed by atoms with Gasteiger partial charge in [-0.15, -0.1) is 0 Å². The van der Waals surface area contributed by atoms with E-state index in [4.69, 9.17) is 4.74 Å². The topological polar surface area (TPSA) is 60.3 Å². The molecule has 3 aromatic rings. The zero-order valence-corrected chi connectivity index (χ0v) is 16.6. The van der Waals surface area contributed by atoms with Crippen LogP contribution >= 0.6 is 0 Å². The summed E-state index contributed by atoms with van der Waals surface area (Å²) in [5.74, 6) is 0.130. The predicted molar refractivity (Wildman–Crippen MR) is 105 cm³/mol. The van der Waals surface area contributed by atoms with Crippen LogP contribution in [0.4, 0.5) is 13.2 Å². The van der Waals surface area contributed by atoms with Gasteiger partial charge in [-0.25, -0.2) is 9.97 Å². The minimum absolute atomic E-state index is 0.0297. The molecule has 1 fully saturated rings. The lowest BCUT2D eigenvalue weighted by atomic mass is 10.0. The summed E-state index contributed by atoms with van der Waals surface area (Å²) in [5.41, 5.74) is 1.38. The molecule has 4 rings (SSSR count). The van der Waals surface area contributed by atoms with E-state index in [2.05, 4.69) is 9.97 Å². The van der Waals surface area contributed by atoms with Gasteiger partial charge in [-0.1, -0.05) is 0 Å². The smallest absolute Gasteiger partial charge is 0.416 e. The number of nitrogens with zero attached hydrogens (tertiary/aromatic N) is 4. The molecule has 0 spiro atoms. The summed E-state index contributed by atoms with van der Waals surface area (Å²) < 4.78 is 45.9. The number of carbonyl (C=O) groups excluding carboxylic acids is 1. The van der Waals surface area contributed by atoms with Gasteiger partial charge in [0, 0.05) is 30.4 Å². The van der Waals surface area contributed by atoms with Crippen molar-refractivity contribution in [3.63, 3.8) is 0 Å². The van der Waals surface area contributed by atoms with E-state index < -0.39 is 17.8 Å². The predicted octanol–water partition coefficient (Wildman–Crippen LogP) is 4.31. The highest BCUT2D eigenvalue weighted by Crippen LogP contribution is 2.37. The molecule has 1 saturated heterocycles. The fourth-order valence-corrected chi connectivity index (χ4v) is 3.78. The number of imidazole rings is 1. The molecular formula is C21H21F3N4O2. The van der Waals surface area contributed by atoms with E-state index in [-0.39, 0.29) is 11.7 Å². The molecular weight excluding hydrogens is 397 g/mol. The number of pyridine rings is 1. The molecule has 30 heavy (non-hydrogen) atoms. The first-order valence-electron chi connectivity index (χ1n) is 9.66. The zero-order chi connectivity index (χ0) is 21.5. The quantitative estimate of drug-likeness (QED) is 0.634. The monoisotopic (exact) mass is 418 g/mol. The van der Waals surface area contributed by atoms with Gasteiger partial charge < -0.3 is 14.2 Å². The lowest BCUT2D eigenvalue weighted by molar-refractivity contribution is -0.137. The van der Waals surface area contributed by atoms with Crippen LogP contribution in [0.2, 0.25) is 0 Å². The molecule has 1 atom stereocenters. The number of hydrogen-bond donors (Lipinski definition) is 0. The molecule has 0 bridgehead atoms. The number of halogens is 3. The van der Waals surface area contributed by atoms with Crippen molar-refractivity contribution in [2.45, 2.75) is 32.0 Å². The van der Waals surface area contributed by atoms with Crippen LogP contribution in [0.15, 0.2) is 36.8 Å². The number of aromatic nitrogens is 3. The largest absolute Gasteiger partial charge is 0.496 e. The fraction of sp³-hybridized carbons (Fsp3) is 0.381. The third-order valence-electron chi connectivity index (χ3n) is 5.45. The average Bonchev–Trinajstić information content (AvgIpc) is 3.41. The molecule has 3 heterocycles. The van der Waals surface area contributed by atoms with Gasteiger partial charge in [-0.2, -0.15) is 13.2 Å². The lowest BCUT2D eigenvalue weighted by Gasteiger charge is -2.21. The number of hydrogen-bond acceptors (Lipinski definition) is 4. The van der Waals surface area contributed by atoms with E-state index in [1.54, 1.807) is 23.2 Å². The summed E-state index contributed by atoms with van der Waals surface area (Å²) in [7, 11) is 1.32. The molecule has 2 aromatic heterocycles. The standard InChI is InChI=1S/C21H21F3N4O2/c1-13(20(29)27-7-3-4-8-27)28-12-26-17-9-14(11-25-19(17)28)16-6-5-15(21(22,23)24)10-18(16)30-2/h5-6,9-13H,3-4,7-8H2,1-2H3/t13-/m0/s1. The maximum absolute atomic E-state index is 13.0. The van der Waals surface area contributed by atoms with Gasteiger partial charge >= 0.3 is 6.18 Å². The highest BCUT2D eigenvalue weighted by atomic mass is 19.4. The van der Waals surface area contributed by atoms with Gasteiger partial charge in [0.05, 0.1) is 19.0 Å². The molecule has 0 saturated carbocycles. The van der Waals surface area contributed by atoms with Crippen LogP contribution < -0.4 is 4.74 Å². The molecule has 1 aliphatic heterocycles. The molecule has 1 aliphatic rings. The summed E-state index contributed by atoms with van der Waals surface area (Å²) in [4.78, 5) is 23.4. The Balaban J connectivity index is 1.68. The van der Waals surface area contributed by atoms with Gasteiger partial charge in [-0.05, 0) is 44.0 Å². The van der Waals surface area contributed by atoms with Crippen LogP contribution in [0.25, 0.3) is 22.3 Å². The summed E-state index contributed by atoms with van der Waals surface area (Å²) >= 11 is 0. The Bertz CT molecular complexity index is 1090. The van der Waals surface area contributed by atoms with E-state index in [1.165, 1.54) is 13.2 Å². The minimum atomic E-state index is -4.45. The Morgan fingerprint density at radius 2 is 1.90 bits per heavy atom. The number of methoxy groups -OCH3 is 1. The Hall–Kier alpha value is -3.10. The molecule has 1 aromatic carbocycles. The first-order chi connectivity index (χ1) is 14.3. The Morgan fingerprint density at radius 3 is 2.57 bits per heavy atom. The van der Waals surface area contributed by atoms with Crippen molar-refractivity contribution >= 4 is 17.1 Å². The van der Waals surface area contributed by atoms with Crippen molar-refractivity contribution in [1.82, 2.24) is 19.4 Å². The Kier molecular flexibility index (Phi) is 5.13. The van der Waals surface area contributed by atoms with E-state index >= 15 is 0 Å². The van der Waals surface area contributed by atoms with Crippen molar-refractivity contribution in [2.24, 2.45) is 0 Å². The maximum atomic E-state index is 13.0. The number of amides is 1. The van der Waals surface area contributed by atoms with Crippen LogP contribution in [0, 0.1) is 0 Å². The van der Waals surface area contributed by atoms with Crippen molar-refractivity contribution in [3.05, 3.63) is 42.4 Å². The second kappa shape index (κ2) is 7.62. The average molecular weight is 418 g/mol. The molecule has 1 amide bonds. The fourth-order valence-electron chi connectivity index (χ4n) is 3.78. The Labute approximate surface area is 171 Å². The van der Waals surface area contributed by atoms with Crippen LogP contribution in [0.5, 0.6) is 5.75 Å². The van der Waals surface area contributed by atoms with Crippen molar-refractivity contribution in [1.29, 1.82) is 0 Å². The SMILES string of the molecule is COc1cc(C(F)(F)F)ccc1-c1cnc2c(c1)ncn2[C@@H](C)C(=O)N1CCCC1. The van der Waals surface area contributed by atoms with Gasteiger partial charge in [0.25, 0.3) is 0 Å². The second-order valence-corrected chi connectivity index (χ2v) is 7.34. The molecule has 0 aliphatic carbocycles. The van der Waals surface area contributed by atoms with Crippen LogP contribution in [-0.2, 0) is 11.0 Å². The van der Waals surface area contributed by atoms with Gasteiger partial charge in [0.1, 0.15) is 17.3 Å². The maximum Gasteiger partial charge on any atom is 0.416 e. The second-order valence-electron chi connectivity index (χ2n) is 7.34. The number of alkyl halides is 3. The number of carbonyl (C=O) groups is 1. The zero-order valence-electron chi connectivity index (χ0n) is 16.6. The van der Waals surface area contributed by atoms with E-state index in [0.717, 1.165) is 38.1 Å². The molecule has 158 valence electrons. The first-order valence-corrected chi connectivity index (χ1v) is 9.66. The van der Waals surface area contributed by atoms with Gasteiger partial charge in [0.15, 0.2) is 5.65 Å². The minimum Gasteiger partial charge on any atom is -0.496 e. The summed E-state index contributed by atoms with van der Waals surface area (Å²) in [5, 5.41) is 0. The molecule has 0 radical (unpaired) electrons. The van der Waals surface area contributed by atoms with Crippen molar-refractivity contribution in [2.75, 3.05) is 20.2 Å². The third-order valence-corrected chi connectivity index (χ3v) is 5.45. The third kappa shape index (κ3) is 3.59. The van der Waals surface area contributed by atoms with Crippen LogP contribution in [-0.4, -0.2) is 45.5 Å². The van der Waals surface area contributed by atoms with Gasteiger partial charge in [0.2, 0.25) is 5.91 Å². The van der Waals surface area contributed by atoms with Crippen LogP contribution in [0.3, 0.4) is 0 Å². The number of benzene rings is 1. The summed E-state index contributed by atoms with van der Waals surface area (Å²) in [6.45, 7) is 3.35. The van der Waals surface area contributed by atoms with Crippen LogP contribution in [0.1, 0.15) is 31.4 Å². The summed E-state index contributed by atoms with van der Waals surface area (Å²) in [6, 6.07) is 4.64. The number of likely N-dealkylation sites (tertiary alicyclic amines) is 1. The number of fused-ring (bicyclic) bond motifs is 1.